The monoisotopic (exact) mass is 1310 g/mol. The molecule has 0 atom stereocenters. The van der Waals surface area contributed by atoms with E-state index in [0.29, 0.717) is 25.5 Å². The summed E-state index contributed by atoms with van der Waals surface area (Å²) in [5, 5.41) is 11.4. The number of carbonyl (C=O) groups excluding carboxylic acids is 3. The zero-order valence-corrected chi connectivity index (χ0v) is 53.8. The van der Waals surface area contributed by atoms with Gasteiger partial charge in [-0.25, -0.2) is 35.7 Å². The molecule has 3 heterocycles. The predicted octanol–water partition coefficient (Wildman–Crippen LogP) is 15.8. The number of hydrogen-bond donors (Lipinski definition) is 1. The molecule has 0 aliphatic heterocycles. The highest BCUT2D eigenvalue weighted by Gasteiger charge is 2.42. The molecule has 25 heteroatoms. The van der Waals surface area contributed by atoms with Crippen molar-refractivity contribution in [3.05, 3.63) is 183 Å². The molecule has 4 aromatic carbocycles. The van der Waals surface area contributed by atoms with Crippen LogP contribution in [0.3, 0.4) is 0 Å². The zero-order valence-electron chi connectivity index (χ0n) is 51.6. The van der Waals surface area contributed by atoms with Crippen LogP contribution in [0.5, 0.6) is 11.6 Å². The number of H-pyrrole nitrogens is 1. The molecular weight excluding hydrogens is 1240 g/mol. The minimum Gasteiger partial charge on any atom is -0.497 e. The molecule has 3 aromatic heterocycles. The number of amides is 3. The minimum atomic E-state index is -3.03. The van der Waals surface area contributed by atoms with E-state index in [9.17, 15) is 49.9 Å². The highest BCUT2D eigenvalue weighted by Crippen LogP contribution is 2.39. The van der Waals surface area contributed by atoms with E-state index >= 15 is 0 Å². The molecule has 3 amide bonds. The average molecular weight is 1320 g/mol. The molecule has 0 radical (unpaired) electrons. The second kappa shape index (κ2) is 29.3. The van der Waals surface area contributed by atoms with Crippen molar-refractivity contribution in [2.24, 2.45) is 21.1 Å². The summed E-state index contributed by atoms with van der Waals surface area (Å²) < 4.78 is 110. The van der Waals surface area contributed by atoms with Crippen molar-refractivity contribution in [3.63, 3.8) is 0 Å². The first-order valence-electron chi connectivity index (χ1n) is 29.6. The Morgan fingerprint density at radius 2 is 0.944 bits per heavy atom. The molecule has 0 bridgehead atoms. The van der Waals surface area contributed by atoms with Crippen LogP contribution in [0.25, 0.3) is 0 Å². The first-order valence-corrected chi connectivity index (χ1v) is 30.7. The summed E-state index contributed by atoms with van der Waals surface area (Å²) in [6, 6.07) is 23.6. The third kappa shape index (κ3) is 16.2. The van der Waals surface area contributed by atoms with E-state index in [4.69, 9.17) is 44.3 Å². The molecule has 3 aliphatic carbocycles. The van der Waals surface area contributed by atoms with Crippen molar-refractivity contribution in [3.8, 4) is 11.6 Å². The number of methoxy groups -OCH3 is 1. The minimum absolute atomic E-state index is 0.0203. The number of benzene rings is 4. The topological polar surface area (TPSA) is 153 Å². The Morgan fingerprint density at radius 3 is 1.31 bits per heavy atom. The summed E-state index contributed by atoms with van der Waals surface area (Å²) in [4.78, 5) is 56.9. The molecule has 3 aliphatic rings. The van der Waals surface area contributed by atoms with Crippen LogP contribution < -0.4 is 15.0 Å². The summed E-state index contributed by atoms with van der Waals surface area (Å²) >= 11 is 18.5. The van der Waals surface area contributed by atoms with E-state index in [1.165, 1.54) is 35.6 Å². The van der Waals surface area contributed by atoms with Crippen molar-refractivity contribution in [2.45, 2.75) is 161 Å². The van der Waals surface area contributed by atoms with Crippen LogP contribution in [0, 0.1) is 5.95 Å². The third-order valence-corrected chi connectivity index (χ3v) is 16.6. The van der Waals surface area contributed by atoms with Crippen molar-refractivity contribution in [2.75, 3.05) is 7.11 Å². The van der Waals surface area contributed by atoms with E-state index in [0.717, 1.165) is 82.2 Å². The summed E-state index contributed by atoms with van der Waals surface area (Å²) in [7, 11) is 5.60. The lowest BCUT2D eigenvalue weighted by atomic mass is 9.96. The maximum absolute atomic E-state index is 14.4. The fourth-order valence-electron chi connectivity index (χ4n) is 10.8. The largest absolute Gasteiger partial charge is 0.497 e. The number of rotatable bonds is 22. The highest BCUT2D eigenvalue weighted by molar-refractivity contribution is 6.31. The Bertz CT molecular complexity index is 3760. The fourth-order valence-corrected chi connectivity index (χ4v) is 11.4. The number of carbonyl (C=O) groups is 3. The van der Waals surface area contributed by atoms with Crippen molar-refractivity contribution < 1.29 is 54.6 Å². The number of alkyl halides is 6. The summed E-state index contributed by atoms with van der Waals surface area (Å²) in [6.07, 6.45) is -4.16. The van der Waals surface area contributed by atoms with Crippen LogP contribution in [0.15, 0.2) is 83.7 Å². The maximum atomic E-state index is 14.4. The van der Waals surface area contributed by atoms with Crippen LogP contribution in [-0.2, 0) is 47.4 Å². The Balaban J connectivity index is 0.000000177. The summed E-state index contributed by atoms with van der Waals surface area (Å²) in [5.74, 6) is -1.64. The quantitative estimate of drug-likeness (QED) is 0.0658. The number of aromatic amines is 1. The van der Waals surface area contributed by atoms with Gasteiger partial charge in [0.15, 0.2) is 0 Å². The van der Waals surface area contributed by atoms with Crippen molar-refractivity contribution in [1.29, 1.82) is 0 Å². The van der Waals surface area contributed by atoms with E-state index in [2.05, 4.69) is 29.1 Å². The van der Waals surface area contributed by atoms with Crippen LogP contribution in [0.1, 0.15) is 204 Å². The van der Waals surface area contributed by atoms with Gasteiger partial charge in [0.05, 0.1) is 7.11 Å². The van der Waals surface area contributed by atoms with E-state index < -0.39 is 76.7 Å². The lowest BCUT2D eigenvalue weighted by Gasteiger charge is -2.25. The van der Waals surface area contributed by atoms with Gasteiger partial charge in [0, 0.05) is 74.0 Å². The molecular formula is C65H73Cl3F7N9O6. The molecule has 1 N–H and O–H groups in total. The van der Waals surface area contributed by atoms with Gasteiger partial charge >= 0.3 is 0 Å². The van der Waals surface area contributed by atoms with Crippen LogP contribution in [0.4, 0.5) is 30.7 Å². The van der Waals surface area contributed by atoms with Gasteiger partial charge in [-0.05, 0) is 144 Å². The lowest BCUT2D eigenvalue weighted by molar-refractivity contribution is 0.0705. The molecule has 10 rings (SSSR count). The van der Waals surface area contributed by atoms with Crippen molar-refractivity contribution >= 4 is 52.5 Å². The second-order valence-electron chi connectivity index (χ2n) is 23.7. The molecule has 484 valence electrons. The molecule has 3 fully saturated rings. The van der Waals surface area contributed by atoms with Gasteiger partial charge in [0.1, 0.15) is 46.1 Å². The number of ether oxygens (including phenoxy) is 2. The number of nitrogens with zero attached hydrogens (tertiary/aromatic N) is 8. The number of nitrogens with one attached hydrogen (secondary N) is 1. The van der Waals surface area contributed by atoms with E-state index in [-0.39, 0.29) is 73.6 Å². The zero-order chi connectivity index (χ0) is 65.7. The van der Waals surface area contributed by atoms with Gasteiger partial charge in [-0.2, -0.15) is 14.6 Å². The Labute approximate surface area is 532 Å². The number of aryl methyl sites for hydroxylation is 3. The standard InChI is InChI=1S/C27H30ClF2N3O3.C19H21ClF3N3O.C19H22ClF2N3O2/c1-16(2)22-12-7-19(28)13-18(22)14-33(20-8-9-20)26(34)23-24(25(29)30)31-32(3)27(23)36-15-17-5-10-21(35-4)11-6-17;1-10(2)14-7-4-12(20)8-11(14)9-26(13-5-6-13)19(27)15-16(17(21)22)24-25(3)18(15)23;1-10(2)14-7-4-12(20)8-11(14)9-25(13-5-6-13)19(27)15-16(17(21)22)23-24(3)18(15)26/h5-7,10-13,16,20,25H,8-9,14-15H2,1-4H3;4,7-8,10,13,17H,5-6,9H2,1-3H3;4,7-8,10,13,17,23H,5-6,9H2,1-3H3. The lowest BCUT2D eigenvalue weighted by Crippen LogP contribution is -2.36. The number of aromatic nitrogens is 6. The summed E-state index contributed by atoms with van der Waals surface area (Å²) in [5.41, 5.74) is 2.43. The van der Waals surface area contributed by atoms with E-state index in [1.807, 2.05) is 70.2 Å². The Hall–Kier alpha value is -7.30. The average Bonchev–Trinajstić information content (AvgIpc) is 1.63. The van der Waals surface area contributed by atoms with Gasteiger partial charge < -0.3 is 24.2 Å². The molecule has 90 heavy (non-hydrogen) atoms. The first kappa shape index (κ1) is 68.6. The van der Waals surface area contributed by atoms with Gasteiger partial charge in [0.2, 0.25) is 11.8 Å². The van der Waals surface area contributed by atoms with Gasteiger partial charge in [-0.1, -0.05) is 107 Å². The first-order chi connectivity index (χ1) is 42.6. The van der Waals surface area contributed by atoms with Crippen molar-refractivity contribution in [1.82, 2.24) is 44.0 Å². The molecule has 0 unspecified atom stereocenters. The third-order valence-electron chi connectivity index (χ3n) is 15.9. The van der Waals surface area contributed by atoms with Gasteiger partial charge in [-0.15, -0.1) is 0 Å². The maximum Gasteiger partial charge on any atom is 0.283 e. The predicted molar refractivity (Wildman–Crippen MR) is 330 cm³/mol. The summed E-state index contributed by atoms with van der Waals surface area (Å²) in [6.45, 7) is 13.0. The highest BCUT2D eigenvalue weighted by atomic mass is 35.5. The molecule has 0 saturated heterocycles. The normalized spacial score (nSPS) is 13.9. The van der Waals surface area contributed by atoms with Crippen LogP contribution in [-0.4, -0.2) is 87.0 Å². The fraction of sp³-hybridized carbons (Fsp3) is 0.446. The number of halogens is 10. The Morgan fingerprint density at radius 1 is 0.567 bits per heavy atom. The van der Waals surface area contributed by atoms with Crippen LogP contribution in [0.2, 0.25) is 15.1 Å². The molecule has 7 aromatic rings. The van der Waals surface area contributed by atoms with Gasteiger partial charge in [-0.3, -0.25) is 29.0 Å². The number of hydrogen-bond acceptors (Lipinski definition) is 8. The molecule has 15 nitrogen and oxygen atoms in total. The SMILES string of the molecule is CC(C)c1ccc(Cl)cc1CN(C(=O)c1c(C(F)F)[nH]n(C)c1=O)C1CC1.CC(C)c1ccc(Cl)cc1CN(C(=O)c1c(C(F)F)nn(C)c1F)C1CC1.COc1ccc(COc2c(C(=O)N(Cc3cc(Cl)ccc3C(C)C)C3CC3)c(C(F)F)nn2C)cc1. The van der Waals surface area contributed by atoms with E-state index in [1.54, 1.807) is 48.4 Å². The molecule has 0 spiro atoms. The Kier molecular flexibility index (Phi) is 22.4. The second-order valence-corrected chi connectivity index (χ2v) is 25.0. The van der Waals surface area contributed by atoms with Crippen LogP contribution >= 0.6 is 34.8 Å². The van der Waals surface area contributed by atoms with Gasteiger partial charge in [0.25, 0.3) is 42.6 Å². The smallest absolute Gasteiger partial charge is 0.283 e. The molecule has 3 saturated carbocycles.